The molecule has 1 atom stereocenters. The van der Waals surface area contributed by atoms with Crippen LogP contribution in [0.2, 0.25) is 0 Å². The fourth-order valence-corrected chi connectivity index (χ4v) is 2.79. The van der Waals surface area contributed by atoms with Gasteiger partial charge in [0, 0.05) is 11.9 Å². The molecule has 4 heteroatoms. The molecule has 0 saturated heterocycles. The van der Waals surface area contributed by atoms with Crippen LogP contribution in [0.1, 0.15) is 24.3 Å². The second-order valence-corrected chi connectivity index (χ2v) is 5.01. The lowest BCUT2D eigenvalue weighted by atomic mass is 10.2. The molecule has 1 aromatic carbocycles. The Bertz CT molecular complexity index is 469. The van der Waals surface area contributed by atoms with Gasteiger partial charge in [-0.1, -0.05) is 13.0 Å². The molecule has 0 aliphatic carbocycles. The second-order valence-electron chi connectivity index (χ2n) is 4.03. The van der Waals surface area contributed by atoms with E-state index in [1.807, 2.05) is 18.2 Å². The highest BCUT2D eigenvalue weighted by atomic mass is 32.1. The highest BCUT2D eigenvalue weighted by Gasteiger charge is 2.17. The van der Waals surface area contributed by atoms with Gasteiger partial charge in [-0.3, -0.25) is 0 Å². The number of hydrogen-bond acceptors (Lipinski definition) is 3. The van der Waals surface area contributed by atoms with Crippen LogP contribution in [-0.4, -0.2) is 12.1 Å². The van der Waals surface area contributed by atoms with Gasteiger partial charge in [0.25, 0.3) is 0 Å². The van der Waals surface area contributed by atoms with Crippen LogP contribution < -0.4 is 4.84 Å². The summed E-state index contributed by atoms with van der Waals surface area (Å²) in [5.41, 5.74) is 0. The zero-order chi connectivity index (χ0) is 13.0. The standard InChI is InChI=1S/C14H16FNOS/c1-3-13(14-5-4-10-18-14)16(2)17-12-8-6-11(15)7-9-12/h4-10,13H,3H2,1-2H3. The van der Waals surface area contributed by atoms with Crippen molar-refractivity contribution in [2.45, 2.75) is 19.4 Å². The molecule has 0 N–H and O–H groups in total. The van der Waals surface area contributed by atoms with E-state index < -0.39 is 0 Å². The minimum absolute atomic E-state index is 0.218. The van der Waals surface area contributed by atoms with Crippen molar-refractivity contribution in [3.63, 3.8) is 0 Å². The molecule has 18 heavy (non-hydrogen) atoms. The number of hydrogen-bond donors (Lipinski definition) is 0. The summed E-state index contributed by atoms with van der Waals surface area (Å²) in [7, 11) is 1.90. The number of halogens is 1. The van der Waals surface area contributed by atoms with Crippen molar-refractivity contribution in [3.05, 3.63) is 52.5 Å². The van der Waals surface area contributed by atoms with Crippen LogP contribution in [0.5, 0.6) is 5.75 Å². The van der Waals surface area contributed by atoms with Crippen LogP contribution in [0, 0.1) is 5.82 Å². The number of benzene rings is 1. The van der Waals surface area contributed by atoms with E-state index in [-0.39, 0.29) is 11.9 Å². The van der Waals surface area contributed by atoms with Crippen molar-refractivity contribution in [2.75, 3.05) is 7.05 Å². The third kappa shape index (κ3) is 3.09. The molecule has 2 rings (SSSR count). The number of hydroxylamine groups is 2. The van der Waals surface area contributed by atoms with E-state index in [0.717, 1.165) is 6.42 Å². The number of nitrogens with zero attached hydrogens (tertiary/aromatic N) is 1. The van der Waals surface area contributed by atoms with E-state index in [1.54, 1.807) is 23.5 Å². The summed E-state index contributed by atoms with van der Waals surface area (Å²) in [4.78, 5) is 6.99. The van der Waals surface area contributed by atoms with Gasteiger partial charge in [-0.25, -0.2) is 4.39 Å². The second kappa shape index (κ2) is 5.98. The van der Waals surface area contributed by atoms with E-state index >= 15 is 0 Å². The molecule has 1 unspecified atom stereocenters. The minimum Gasteiger partial charge on any atom is -0.406 e. The third-order valence-corrected chi connectivity index (χ3v) is 3.73. The molecule has 0 saturated carbocycles. The average molecular weight is 265 g/mol. The zero-order valence-corrected chi connectivity index (χ0v) is 11.3. The van der Waals surface area contributed by atoms with Crippen LogP contribution >= 0.6 is 11.3 Å². The molecule has 1 heterocycles. The fourth-order valence-electron chi connectivity index (χ4n) is 1.84. The Hall–Kier alpha value is -1.39. The van der Waals surface area contributed by atoms with Crippen LogP contribution in [0.25, 0.3) is 0 Å². The Labute approximate surface area is 111 Å². The Kier molecular flexibility index (Phi) is 4.33. The summed E-state index contributed by atoms with van der Waals surface area (Å²) in [6, 6.07) is 10.4. The normalized spacial score (nSPS) is 12.7. The summed E-state index contributed by atoms with van der Waals surface area (Å²) in [6.07, 6.45) is 0.957. The first-order valence-electron chi connectivity index (χ1n) is 5.90. The van der Waals surface area contributed by atoms with Gasteiger partial charge in [0.1, 0.15) is 11.6 Å². The Morgan fingerprint density at radius 1 is 1.28 bits per heavy atom. The first-order chi connectivity index (χ1) is 8.70. The molecule has 0 fully saturated rings. The van der Waals surface area contributed by atoms with E-state index in [1.165, 1.54) is 17.0 Å². The predicted molar refractivity (Wildman–Crippen MR) is 72.1 cm³/mol. The lowest BCUT2D eigenvalue weighted by Gasteiger charge is -2.25. The molecule has 1 aromatic heterocycles. The van der Waals surface area contributed by atoms with Crippen LogP contribution in [0.4, 0.5) is 4.39 Å². The lowest BCUT2D eigenvalue weighted by Crippen LogP contribution is -2.27. The Balaban J connectivity index is 2.06. The zero-order valence-electron chi connectivity index (χ0n) is 10.5. The molecule has 0 bridgehead atoms. The minimum atomic E-state index is -0.254. The van der Waals surface area contributed by atoms with Gasteiger partial charge in [0.2, 0.25) is 0 Å². The molecule has 0 amide bonds. The number of rotatable bonds is 5. The summed E-state index contributed by atoms with van der Waals surface area (Å²) < 4.78 is 12.8. The molecule has 0 spiro atoms. The van der Waals surface area contributed by atoms with Crippen molar-refractivity contribution < 1.29 is 9.23 Å². The smallest absolute Gasteiger partial charge is 0.147 e. The van der Waals surface area contributed by atoms with E-state index in [0.29, 0.717) is 5.75 Å². The maximum Gasteiger partial charge on any atom is 0.147 e. The maximum atomic E-state index is 12.8. The molecular formula is C14H16FNOS. The number of thiophene rings is 1. The van der Waals surface area contributed by atoms with E-state index in [4.69, 9.17) is 4.84 Å². The average Bonchev–Trinajstić information content (AvgIpc) is 2.87. The first-order valence-corrected chi connectivity index (χ1v) is 6.78. The van der Waals surface area contributed by atoms with Gasteiger partial charge in [0.05, 0.1) is 6.04 Å². The van der Waals surface area contributed by atoms with Crippen molar-refractivity contribution >= 4 is 11.3 Å². The van der Waals surface area contributed by atoms with Crippen LogP contribution in [-0.2, 0) is 0 Å². The highest BCUT2D eigenvalue weighted by molar-refractivity contribution is 7.10. The Morgan fingerprint density at radius 3 is 2.56 bits per heavy atom. The third-order valence-electron chi connectivity index (χ3n) is 2.76. The SMILES string of the molecule is CCC(c1cccs1)N(C)Oc1ccc(F)cc1. The molecule has 0 aliphatic rings. The van der Waals surface area contributed by atoms with Gasteiger partial charge >= 0.3 is 0 Å². The van der Waals surface area contributed by atoms with Gasteiger partial charge in [-0.15, -0.1) is 16.4 Å². The predicted octanol–water partition coefficient (Wildman–Crippen LogP) is 4.26. The molecular weight excluding hydrogens is 249 g/mol. The van der Waals surface area contributed by atoms with E-state index in [9.17, 15) is 4.39 Å². The molecule has 96 valence electrons. The van der Waals surface area contributed by atoms with Gasteiger partial charge in [-0.05, 0) is 42.1 Å². The van der Waals surface area contributed by atoms with Crippen molar-refractivity contribution in [2.24, 2.45) is 0 Å². The van der Waals surface area contributed by atoms with Crippen molar-refractivity contribution in [1.82, 2.24) is 5.06 Å². The van der Waals surface area contributed by atoms with Gasteiger partial charge in [-0.2, -0.15) is 0 Å². The molecule has 0 aliphatic heterocycles. The van der Waals surface area contributed by atoms with Crippen LogP contribution in [0.3, 0.4) is 0 Å². The fraction of sp³-hybridized carbons (Fsp3) is 0.286. The summed E-state index contributed by atoms with van der Waals surface area (Å²) in [6.45, 7) is 2.12. The maximum absolute atomic E-state index is 12.8. The topological polar surface area (TPSA) is 12.5 Å². The monoisotopic (exact) mass is 265 g/mol. The van der Waals surface area contributed by atoms with E-state index in [2.05, 4.69) is 18.4 Å². The molecule has 2 nitrogen and oxygen atoms in total. The van der Waals surface area contributed by atoms with Gasteiger partial charge < -0.3 is 4.84 Å². The largest absolute Gasteiger partial charge is 0.406 e. The summed E-state index contributed by atoms with van der Waals surface area (Å²) in [5.74, 6) is 0.393. The Morgan fingerprint density at radius 2 is 2.00 bits per heavy atom. The summed E-state index contributed by atoms with van der Waals surface area (Å²) in [5, 5.41) is 3.88. The molecule has 2 aromatic rings. The summed E-state index contributed by atoms with van der Waals surface area (Å²) >= 11 is 1.72. The van der Waals surface area contributed by atoms with Gasteiger partial charge in [0.15, 0.2) is 0 Å². The highest BCUT2D eigenvalue weighted by Crippen LogP contribution is 2.28. The lowest BCUT2D eigenvalue weighted by molar-refractivity contribution is -0.0725. The van der Waals surface area contributed by atoms with Crippen molar-refractivity contribution in [3.8, 4) is 5.75 Å². The first kappa shape index (κ1) is 13.1. The van der Waals surface area contributed by atoms with Crippen molar-refractivity contribution in [1.29, 1.82) is 0 Å². The van der Waals surface area contributed by atoms with Crippen LogP contribution in [0.15, 0.2) is 41.8 Å². The molecule has 0 radical (unpaired) electrons. The quantitative estimate of drug-likeness (QED) is 0.749.